The summed E-state index contributed by atoms with van der Waals surface area (Å²) in [6.45, 7) is 6.12. The number of benzene rings is 1. The Labute approximate surface area is 109 Å². The van der Waals surface area contributed by atoms with Crippen LogP contribution >= 0.6 is 0 Å². The second kappa shape index (κ2) is 5.43. The van der Waals surface area contributed by atoms with Crippen LogP contribution in [0.3, 0.4) is 0 Å². The zero-order chi connectivity index (χ0) is 13.9. The highest BCUT2D eigenvalue weighted by Crippen LogP contribution is 2.33. The van der Waals surface area contributed by atoms with Crippen LogP contribution in [-0.2, 0) is 4.79 Å². The van der Waals surface area contributed by atoms with E-state index in [1.54, 1.807) is 32.4 Å². The molecule has 0 saturated heterocycles. The van der Waals surface area contributed by atoms with Crippen LogP contribution in [0.15, 0.2) is 18.2 Å². The van der Waals surface area contributed by atoms with Crippen molar-refractivity contribution in [3.8, 4) is 11.5 Å². The molecule has 0 aliphatic heterocycles. The lowest BCUT2D eigenvalue weighted by atomic mass is 10.1. The maximum atomic E-state index is 11.5. The molecule has 0 fully saturated rings. The van der Waals surface area contributed by atoms with Crippen LogP contribution in [0, 0.1) is 0 Å². The average Bonchev–Trinajstić information content (AvgIpc) is 2.26. The normalized spacial score (nSPS) is 12.9. The van der Waals surface area contributed by atoms with Crippen LogP contribution in [-0.4, -0.2) is 33.4 Å². The summed E-state index contributed by atoms with van der Waals surface area (Å²) in [5.74, 6) is 0.451. The van der Waals surface area contributed by atoms with Crippen molar-refractivity contribution in [1.82, 2.24) is 0 Å². The van der Waals surface area contributed by atoms with E-state index >= 15 is 0 Å². The van der Waals surface area contributed by atoms with Crippen molar-refractivity contribution < 1.29 is 19.4 Å². The van der Waals surface area contributed by atoms with Gasteiger partial charge in [-0.1, -0.05) is 19.6 Å². The number of carbonyl (C=O) groups is 1. The topological polar surface area (TPSA) is 55.8 Å². The minimum absolute atomic E-state index is 0.471. The van der Waals surface area contributed by atoms with Crippen molar-refractivity contribution in [1.29, 1.82) is 0 Å². The number of carboxylic acids is 1. The Bertz CT molecular complexity index is 415. The summed E-state index contributed by atoms with van der Waals surface area (Å²) in [7, 11) is 1.24. The quantitative estimate of drug-likeness (QED) is 0.834. The van der Waals surface area contributed by atoms with E-state index in [2.05, 4.69) is 0 Å². The molecule has 5 heteroatoms. The number of ether oxygens (including phenoxy) is 2. The van der Waals surface area contributed by atoms with Crippen molar-refractivity contribution in [2.75, 3.05) is 14.2 Å². The van der Waals surface area contributed by atoms with E-state index in [4.69, 9.17) is 9.47 Å². The molecule has 1 N–H and O–H groups in total. The van der Waals surface area contributed by atoms with Gasteiger partial charge in [0, 0.05) is 6.07 Å². The van der Waals surface area contributed by atoms with Crippen molar-refractivity contribution in [2.24, 2.45) is 0 Å². The Morgan fingerprint density at radius 1 is 1.11 bits per heavy atom. The van der Waals surface area contributed by atoms with Crippen LogP contribution in [0.1, 0.15) is 11.1 Å². The van der Waals surface area contributed by atoms with Gasteiger partial charge in [-0.2, -0.15) is 0 Å². The first kappa shape index (κ1) is 14.6. The maximum Gasteiger partial charge on any atom is 0.308 e. The minimum atomic E-state index is -1.87. The first-order valence-corrected chi connectivity index (χ1v) is 9.33. The second-order valence-electron chi connectivity index (χ2n) is 5.28. The molecule has 0 heterocycles. The van der Waals surface area contributed by atoms with Gasteiger partial charge in [0.1, 0.15) is 11.5 Å². The zero-order valence-electron chi connectivity index (χ0n) is 11.5. The van der Waals surface area contributed by atoms with Crippen LogP contribution in [0.25, 0.3) is 0 Å². The van der Waals surface area contributed by atoms with Gasteiger partial charge in [0.15, 0.2) is 0 Å². The summed E-state index contributed by atoms with van der Waals surface area (Å²) < 4.78 is 10.4. The fourth-order valence-corrected chi connectivity index (χ4v) is 3.92. The van der Waals surface area contributed by atoms with E-state index in [1.165, 1.54) is 0 Å². The molecule has 1 aromatic carbocycles. The number of rotatable bonds is 5. The Kier molecular flexibility index (Phi) is 4.40. The molecule has 1 rings (SSSR count). The summed E-state index contributed by atoms with van der Waals surface area (Å²) in [4.78, 5) is 11.5. The van der Waals surface area contributed by atoms with Gasteiger partial charge in [-0.3, -0.25) is 4.79 Å². The molecule has 0 aromatic heterocycles. The first-order chi connectivity index (χ1) is 8.29. The molecule has 1 unspecified atom stereocenters. The number of methoxy groups -OCH3 is 2. The lowest BCUT2D eigenvalue weighted by Crippen LogP contribution is -2.36. The molecule has 0 bridgehead atoms. The summed E-state index contributed by atoms with van der Waals surface area (Å²) in [6.07, 6.45) is 0. The molecular weight excluding hydrogens is 248 g/mol. The summed E-state index contributed by atoms with van der Waals surface area (Å²) in [6, 6.07) is 5.30. The third-order valence-electron chi connectivity index (χ3n) is 2.82. The lowest BCUT2D eigenvalue weighted by molar-refractivity contribution is -0.136. The van der Waals surface area contributed by atoms with E-state index in [-0.39, 0.29) is 0 Å². The smallest absolute Gasteiger partial charge is 0.308 e. The molecule has 0 radical (unpaired) electrons. The van der Waals surface area contributed by atoms with Gasteiger partial charge in [0.05, 0.1) is 27.8 Å². The van der Waals surface area contributed by atoms with Gasteiger partial charge in [-0.05, 0) is 17.7 Å². The van der Waals surface area contributed by atoms with Gasteiger partial charge >= 0.3 is 5.97 Å². The van der Waals surface area contributed by atoms with Gasteiger partial charge in [-0.25, -0.2) is 0 Å². The molecule has 0 saturated carbocycles. The average molecular weight is 268 g/mol. The Morgan fingerprint density at radius 3 is 1.83 bits per heavy atom. The number of hydrogen-bond donors (Lipinski definition) is 1. The van der Waals surface area contributed by atoms with Crippen molar-refractivity contribution in [2.45, 2.75) is 25.2 Å². The molecule has 100 valence electrons. The van der Waals surface area contributed by atoms with Gasteiger partial charge in [0.25, 0.3) is 0 Å². The molecule has 0 aliphatic carbocycles. The summed E-state index contributed by atoms with van der Waals surface area (Å²) in [5, 5.41) is 9.44. The zero-order valence-corrected chi connectivity index (χ0v) is 12.5. The monoisotopic (exact) mass is 268 g/mol. The predicted octanol–water partition coefficient (Wildman–Crippen LogP) is 2.75. The fourth-order valence-electron chi connectivity index (χ4n) is 2.01. The lowest BCUT2D eigenvalue weighted by Gasteiger charge is -2.26. The maximum absolute atomic E-state index is 11.5. The molecule has 4 nitrogen and oxygen atoms in total. The summed E-state index contributed by atoms with van der Waals surface area (Å²) >= 11 is 0. The predicted molar refractivity (Wildman–Crippen MR) is 73.3 cm³/mol. The highest BCUT2D eigenvalue weighted by atomic mass is 28.3. The first-order valence-electron chi connectivity index (χ1n) is 5.75. The molecule has 0 amide bonds. The Hall–Kier alpha value is -1.49. The fraction of sp³-hybridized carbons (Fsp3) is 0.462. The van der Waals surface area contributed by atoms with Gasteiger partial charge in [0.2, 0.25) is 0 Å². The highest BCUT2D eigenvalue weighted by Gasteiger charge is 2.35. The van der Waals surface area contributed by atoms with Gasteiger partial charge in [-0.15, -0.1) is 0 Å². The molecule has 0 aliphatic rings. The number of aliphatic carboxylic acids is 1. The Morgan fingerprint density at radius 2 is 1.56 bits per heavy atom. The SMILES string of the molecule is COc1cc(OC)cc(C(C(=O)O)[Si](C)(C)C)c1. The molecular formula is C13H20O4Si. The van der Waals surface area contributed by atoms with Gasteiger partial charge < -0.3 is 14.6 Å². The second-order valence-corrected chi connectivity index (χ2v) is 10.6. The standard InChI is InChI=1S/C13H20O4Si/c1-16-10-6-9(7-11(8-10)17-2)12(13(14)15)18(3,4)5/h6-8,12H,1-5H3,(H,14,15). The number of hydrogen-bond acceptors (Lipinski definition) is 3. The largest absolute Gasteiger partial charge is 0.497 e. The van der Waals surface area contributed by atoms with Crippen molar-refractivity contribution >= 4 is 14.0 Å². The molecule has 18 heavy (non-hydrogen) atoms. The van der Waals surface area contributed by atoms with E-state index in [9.17, 15) is 9.90 Å². The van der Waals surface area contributed by atoms with Crippen LogP contribution < -0.4 is 9.47 Å². The number of carboxylic acid groups (broad SMARTS) is 1. The molecule has 1 aromatic rings. The molecule has 1 atom stereocenters. The van der Waals surface area contributed by atoms with Crippen LogP contribution in [0.2, 0.25) is 19.6 Å². The minimum Gasteiger partial charge on any atom is -0.497 e. The highest BCUT2D eigenvalue weighted by molar-refractivity contribution is 6.80. The van der Waals surface area contributed by atoms with E-state index in [0.717, 1.165) is 5.56 Å². The summed E-state index contributed by atoms with van der Waals surface area (Å²) in [5.41, 5.74) is 0.277. The molecule has 0 spiro atoms. The van der Waals surface area contributed by atoms with E-state index < -0.39 is 19.6 Å². The van der Waals surface area contributed by atoms with E-state index in [1.807, 2.05) is 19.6 Å². The van der Waals surface area contributed by atoms with Crippen molar-refractivity contribution in [3.05, 3.63) is 23.8 Å². The third-order valence-corrected chi connectivity index (χ3v) is 5.13. The van der Waals surface area contributed by atoms with Crippen molar-refractivity contribution in [3.63, 3.8) is 0 Å². The van der Waals surface area contributed by atoms with Crippen LogP contribution in [0.5, 0.6) is 11.5 Å². The third kappa shape index (κ3) is 3.26. The Balaban J connectivity index is 3.32. The van der Waals surface area contributed by atoms with Crippen LogP contribution in [0.4, 0.5) is 0 Å². The van der Waals surface area contributed by atoms with E-state index in [0.29, 0.717) is 11.5 Å².